The van der Waals surface area contributed by atoms with Crippen molar-refractivity contribution < 1.29 is 0 Å². The van der Waals surface area contributed by atoms with Gasteiger partial charge in [-0.1, -0.05) is 63.7 Å². The predicted molar refractivity (Wildman–Crippen MR) is 93.1 cm³/mol. The number of rotatable bonds is 5. The van der Waals surface area contributed by atoms with E-state index in [1.165, 1.54) is 16.7 Å². The Morgan fingerprint density at radius 1 is 0.857 bits per heavy atom. The summed E-state index contributed by atoms with van der Waals surface area (Å²) in [5.41, 5.74) is 4.32. The second-order valence-electron chi connectivity index (χ2n) is 6.13. The molecule has 1 aromatic heterocycles. The maximum absolute atomic E-state index is 4.44. The fraction of sp³-hybridized carbons (Fsp3) is 0.421. The number of nitrogens with zero attached hydrogens (tertiary/aromatic N) is 1. The van der Waals surface area contributed by atoms with Gasteiger partial charge in [-0.2, -0.15) is 0 Å². The van der Waals surface area contributed by atoms with Crippen LogP contribution in [0.25, 0.3) is 0 Å². The third-order valence-electron chi connectivity index (χ3n) is 3.77. The molecule has 0 aliphatic carbocycles. The average molecular weight is 299 g/mol. The number of thioether (sulfide) groups is 1. The van der Waals surface area contributed by atoms with E-state index in [-0.39, 0.29) is 0 Å². The Morgan fingerprint density at radius 3 is 2.19 bits per heavy atom. The summed E-state index contributed by atoms with van der Waals surface area (Å²) in [6, 6.07) is 13.1. The smallest absolute Gasteiger partial charge is 0.0965 e. The maximum Gasteiger partial charge on any atom is 0.0965 e. The fourth-order valence-electron chi connectivity index (χ4n) is 2.49. The quantitative estimate of drug-likeness (QED) is 0.611. The summed E-state index contributed by atoms with van der Waals surface area (Å²) >= 11 is 1.84. The third-order valence-corrected chi connectivity index (χ3v) is 4.86. The molecule has 0 aliphatic rings. The monoisotopic (exact) mass is 299 g/mol. The van der Waals surface area contributed by atoms with Crippen molar-refractivity contribution in [3.05, 3.63) is 59.3 Å². The molecule has 1 aromatic carbocycles. The van der Waals surface area contributed by atoms with E-state index in [0.717, 1.165) is 5.03 Å². The summed E-state index contributed by atoms with van der Waals surface area (Å²) < 4.78 is 0. The van der Waals surface area contributed by atoms with E-state index in [9.17, 15) is 0 Å². The Balaban J connectivity index is 2.33. The average Bonchev–Trinajstić information content (AvgIpc) is 2.47. The van der Waals surface area contributed by atoms with Crippen LogP contribution in [0.5, 0.6) is 0 Å². The molecule has 2 rings (SSSR count). The van der Waals surface area contributed by atoms with Gasteiger partial charge in [-0.05, 0) is 47.6 Å². The van der Waals surface area contributed by atoms with Crippen molar-refractivity contribution in [1.29, 1.82) is 0 Å². The molecular formula is C19H25NS. The van der Waals surface area contributed by atoms with Gasteiger partial charge < -0.3 is 0 Å². The van der Waals surface area contributed by atoms with Crippen molar-refractivity contribution in [1.82, 2.24) is 4.98 Å². The van der Waals surface area contributed by atoms with Gasteiger partial charge in [-0.25, -0.2) is 4.98 Å². The van der Waals surface area contributed by atoms with E-state index in [2.05, 4.69) is 69.9 Å². The molecule has 0 amide bonds. The highest BCUT2D eigenvalue weighted by atomic mass is 32.2. The van der Waals surface area contributed by atoms with E-state index in [0.29, 0.717) is 17.1 Å². The first kappa shape index (κ1) is 16.1. The number of hydrogen-bond donors (Lipinski definition) is 0. The number of benzene rings is 1. The number of pyridine rings is 1. The van der Waals surface area contributed by atoms with E-state index in [1.54, 1.807) is 0 Å². The molecule has 2 heteroatoms. The normalized spacial score (nSPS) is 12.9. The molecule has 0 N–H and O–H groups in total. The summed E-state index contributed by atoms with van der Waals surface area (Å²) in [6.07, 6.45) is 1.86. The topological polar surface area (TPSA) is 12.9 Å². The number of aromatic nitrogens is 1. The largest absolute Gasteiger partial charge is 0.250 e. The zero-order valence-electron chi connectivity index (χ0n) is 13.6. The first-order chi connectivity index (χ1) is 9.99. The Labute approximate surface area is 133 Å². The molecule has 21 heavy (non-hydrogen) atoms. The SMILES string of the molecule is CC(C)c1ccc(C(C)C)c(C(C)Sc2ccccn2)c1. The molecule has 0 saturated carbocycles. The summed E-state index contributed by atoms with van der Waals surface area (Å²) in [5, 5.41) is 1.51. The van der Waals surface area contributed by atoms with Gasteiger partial charge in [0.05, 0.1) is 5.03 Å². The Kier molecular flexibility index (Phi) is 5.46. The molecule has 0 aliphatic heterocycles. The maximum atomic E-state index is 4.44. The van der Waals surface area contributed by atoms with Gasteiger partial charge in [0.25, 0.3) is 0 Å². The van der Waals surface area contributed by atoms with Gasteiger partial charge >= 0.3 is 0 Å². The molecule has 112 valence electrons. The van der Waals surface area contributed by atoms with Gasteiger partial charge in [-0.15, -0.1) is 0 Å². The first-order valence-corrected chi connectivity index (χ1v) is 8.58. The molecule has 1 unspecified atom stereocenters. The lowest BCUT2D eigenvalue weighted by molar-refractivity contribution is 0.821. The van der Waals surface area contributed by atoms with Crippen molar-refractivity contribution in [3.8, 4) is 0 Å². The molecule has 1 heterocycles. The third kappa shape index (κ3) is 4.10. The predicted octanol–water partition coefficient (Wildman–Crippen LogP) is 6.18. The Morgan fingerprint density at radius 2 is 1.62 bits per heavy atom. The first-order valence-electron chi connectivity index (χ1n) is 7.70. The lowest BCUT2D eigenvalue weighted by Gasteiger charge is -2.20. The molecular weight excluding hydrogens is 274 g/mol. The summed E-state index contributed by atoms with van der Waals surface area (Å²) in [5.74, 6) is 1.12. The lowest BCUT2D eigenvalue weighted by atomic mass is 9.91. The van der Waals surface area contributed by atoms with Gasteiger partial charge in [0.15, 0.2) is 0 Å². The van der Waals surface area contributed by atoms with Crippen LogP contribution < -0.4 is 0 Å². The highest BCUT2D eigenvalue weighted by Crippen LogP contribution is 2.38. The highest BCUT2D eigenvalue weighted by Gasteiger charge is 2.16. The zero-order chi connectivity index (χ0) is 15.4. The van der Waals surface area contributed by atoms with Crippen LogP contribution in [0.4, 0.5) is 0 Å². The van der Waals surface area contributed by atoms with Gasteiger partial charge in [0, 0.05) is 11.4 Å². The minimum atomic E-state index is 0.413. The highest BCUT2D eigenvalue weighted by molar-refractivity contribution is 7.99. The van der Waals surface area contributed by atoms with Crippen LogP contribution in [0, 0.1) is 0 Å². The van der Waals surface area contributed by atoms with Crippen LogP contribution >= 0.6 is 11.8 Å². The van der Waals surface area contributed by atoms with Crippen LogP contribution in [-0.4, -0.2) is 4.98 Å². The van der Waals surface area contributed by atoms with Gasteiger partial charge in [0.1, 0.15) is 0 Å². The van der Waals surface area contributed by atoms with Gasteiger partial charge in [0.2, 0.25) is 0 Å². The summed E-state index contributed by atoms with van der Waals surface area (Å²) in [4.78, 5) is 4.44. The lowest BCUT2D eigenvalue weighted by Crippen LogP contribution is -2.01. The van der Waals surface area contributed by atoms with Crippen LogP contribution in [0.1, 0.15) is 68.4 Å². The molecule has 1 atom stereocenters. The van der Waals surface area contributed by atoms with Crippen LogP contribution in [0.2, 0.25) is 0 Å². The minimum Gasteiger partial charge on any atom is -0.250 e. The summed E-state index contributed by atoms with van der Waals surface area (Å²) in [6.45, 7) is 11.3. The van der Waals surface area contributed by atoms with E-state index in [4.69, 9.17) is 0 Å². The molecule has 1 nitrogen and oxygen atoms in total. The van der Waals surface area contributed by atoms with E-state index in [1.807, 2.05) is 24.0 Å². The molecule has 0 radical (unpaired) electrons. The fourth-order valence-corrected chi connectivity index (χ4v) is 3.46. The second kappa shape index (κ2) is 7.13. The zero-order valence-corrected chi connectivity index (χ0v) is 14.4. The van der Waals surface area contributed by atoms with E-state index < -0.39 is 0 Å². The molecule has 0 saturated heterocycles. The molecule has 0 bridgehead atoms. The Hall–Kier alpha value is -1.28. The van der Waals surface area contributed by atoms with Crippen molar-refractivity contribution in [2.45, 2.75) is 56.7 Å². The van der Waals surface area contributed by atoms with E-state index >= 15 is 0 Å². The van der Waals surface area contributed by atoms with Crippen molar-refractivity contribution >= 4 is 11.8 Å². The minimum absolute atomic E-state index is 0.413. The van der Waals surface area contributed by atoms with Crippen LogP contribution in [0.15, 0.2) is 47.6 Å². The second-order valence-corrected chi connectivity index (χ2v) is 7.49. The molecule has 0 fully saturated rings. The van der Waals surface area contributed by atoms with Crippen LogP contribution in [0.3, 0.4) is 0 Å². The summed E-state index contributed by atoms with van der Waals surface area (Å²) in [7, 11) is 0. The standard InChI is InChI=1S/C19H25NS/c1-13(2)16-9-10-17(14(3)4)18(12-16)15(5)21-19-8-6-7-11-20-19/h6-15H,1-5H3. The van der Waals surface area contributed by atoms with Crippen molar-refractivity contribution in [2.24, 2.45) is 0 Å². The van der Waals surface area contributed by atoms with Gasteiger partial charge in [-0.3, -0.25) is 0 Å². The van der Waals surface area contributed by atoms with Crippen molar-refractivity contribution in [3.63, 3.8) is 0 Å². The number of hydrogen-bond acceptors (Lipinski definition) is 2. The van der Waals surface area contributed by atoms with Crippen molar-refractivity contribution in [2.75, 3.05) is 0 Å². The molecule has 2 aromatic rings. The molecule has 0 spiro atoms. The van der Waals surface area contributed by atoms with Crippen LogP contribution in [-0.2, 0) is 0 Å². The Bertz CT molecular complexity index is 575.